The number of nitrogens with one attached hydrogen (secondary N) is 2. The van der Waals surface area contributed by atoms with E-state index in [4.69, 9.17) is 0 Å². The standard InChI is InChI=1S/C17H22IN3O2/c18-13-7-5-12(6-8-13)11-20-16(22)15-4-2-10-21(15)17(23)14-3-1-9-19-14/h5-8,14-15,19H,1-4,9-11H2,(H,20,22)/t14-,15-/m0/s1. The summed E-state index contributed by atoms with van der Waals surface area (Å²) in [7, 11) is 0. The zero-order chi connectivity index (χ0) is 16.2. The minimum Gasteiger partial charge on any atom is -0.350 e. The molecular formula is C17H22IN3O2. The number of hydrogen-bond acceptors (Lipinski definition) is 3. The van der Waals surface area contributed by atoms with Gasteiger partial charge in [0.05, 0.1) is 6.04 Å². The molecule has 0 aromatic heterocycles. The monoisotopic (exact) mass is 427 g/mol. The highest BCUT2D eigenvalue weighted by Gasteiger charge is 2.37. The highest BCUT2D eigenvalue weighted by atomic mass is 127. The molecule has 0 aliphatic carbocycles. The van der Waals surface area contributed by atoms with Gasteiger partial charge in [0.1, 0.15) is 6.04 Å². The lowest BCUT2D eigenvalue weighted by Gasteiger charge is -2.26. The molecule has 5 nitrogen and oxygen atoms in total. The molecule has 2 amide bonds. The molecule has 6 heteroatoms. The van der Waals surface area contributed by atoms with Crippen molar-refractivity contribution in [1.82, 2.24) is 15.5 Å². The van der Waals surface area contributed by atoms with Crippen molar-refractivity contribution >= 4 is 34.4 Å². The maximum Gasteiger partial charge on any atom is 0.243 e. The third-order valence-electron chi connectivity index (χ3n) is 4.58. The third-order valence-corrected chi connectivity index (χ3v) is 5.30. The minimum atomic E-state index is -0.311. The molecule has 2 aliphatic rings. The number of halogens is 1. The fourth-order valence-electron chi connectivity index (χ4n) is 3.31. The average molecular weight is 427 g/mol. The van der Waals surface area contributed by atoms with E-state index in [0.717, 1.165) is 37.8 Å². The summed E-state index contributed by atoms with van der Waals surface area (Å²) in [6.45, 7) is 2.10. The van der Waals surface area contributed by atoms with Gasteiger partial charge in [-0.15, -0.1) is 0 Å². The molecule has 0 unspecified atom stereocenters. The summed E-state index contributed by atoms with van der Waals surface area (Å²) in [5.74, 6) is 0.0572. The van der Waals surface area contributed by atoms with E-state index in [1.165, 1.54) is 3.57 Å². The van der Waals surface area contributed by atoms with E-state index in [1.54, 1.807) is 4.90 Å². The first-order valence-corrected chi connectivity index (χ1v) is 9.29. The molecule has 0 saturated carbocycles. The van der Waals surface area contributed by atoms with E-state index in [1.807, 2.05) is 24.3 Å². The number of rotatable bonds is 4. The Labute approximate surface area is 150 Å². The van der Waals surface area contributed by atoms with E-state index in [2.05, 4.69) is 33.2 Å². The van der Waals surface area contributed by atoms with Gasteiger partial charge in [0.15, 0.2) is 0 Å². The molecule has 23 heavy (non-hydrogen) atoms. The molecule has 0 radical (unpaired) electrons. The number of hydrogen-bond donors (Lipinski definition) is 2. The first-order valence-electron chi connectivity index (χ1n) is 8.21. The van der Waals surface area contributed by atoms with Crippen molar-refractivity contribution in [2.24, 2.45) is 0 Å². The van der Waals surface area contributed by atoms with Crippen LogP contribution in [0.1, 0.15) is 31.2 Å². The summed E-state index contributed by atoms with van der Waals surface area (Å²) in [6, 6.07) is 7.68. The van der Waals surface area contributed by atoms with Gasteiger partial charge in [-0.1, -0.05) is 12.1 Å². The van der Waals surface area contributed by atoms with Gasteiger partial charge < -0.3 is 15.5 Å². The summed E-state index contributed by atoms with van der Waals surface area (Å²) in [4.78, 5) is 26.8. The second-order valence-corrected chi connectivity index (χ2v) is 7.43. The molecule has 0 bridgehead atoms. The molecule has 2 N–H and O–H groups in total. The van der Waals surface area contributed by atoms with Gasteiger partial charge in [-0.25, -0.2) is 0 Å². The molecule has 2 atom stereocenters. The van der Waals surface area contributed by atoms with Gasteiger partial charge in [0.25, 0.3) is 0 Å². The zero-order valence-electron chi connectivity index (χ0n) is 13.1. The van der Waals surface area contributed by atoms with Crippen molar-refractivity contribution < 1.29 is 9.59 Å². The summed E-state index contributed by atoms with van der Waals surface area (Å²) < 4.78 is 1.18. The molecule has 2 heterocycles. The van der Waals surface area contributed by atoms with Crippen LogP contribution in [0, 0.1) is 3.57 Å². The molecular weight excluding hydrogens is 405 g/mol. The Hall–Kier alpha value is -1.15. The van der Waals surface area contributed by atoms with Crippen LogP contribution in [-0.2, 0) is 16.1 Å². The average Bonchev–Trinajstić information content (AvgIpc) is 3.24. The van der Waals surface area contributed by atoms with Crippen molar-refractivity contribution in [2.75, 3.05) is 13.1 Å². The predicted octanol–water partition coefficient (Wildman–Crippen LogP) is 1.65. The Balaban J connectivity index is 1.57. The Morgan fingerprint density at radius 2 is 2.00 bits per heavy atom. The van der Waals surface area contributed by atoms with Crippen LogP contribution in [0.3, 0.4) is 0 Å². The number of carbonyl (C=O) groups excluding carboxylic acids is 2. The molecule has 1 aromatic carbocycles. The Kier molecular flexibility index (Phi) is 5.53. The van der Waals surface area contributed by atoms with E-state index >= 15 is 0 Å². The highest BCUT2D eigenvalue weighted by molar-refractivity contribution is 14.1. The van der Waals surface area contributed by atoms with E-state index in [-0.39, 0.29) is 23.9 Å². The fraction of sp³-hybridized carbons (Fsp3) is 0.529. The first-order chi connectivity index (χ1) is 11.1. The molecule has 2 saturated heterocycles. The normalized spacial score (nSPS) is 24.0. The minimum absolute atomic E-state index is 0.0348. The third kappa shape index (κ3) is 4.03. The van der Waals surface area contributed by atoms with Gasteiger partial charge >= 0.3 is 0 Å². The lowest BCUT2D eigenvalue weighted by molar-refractivity contribution is -0.139. The van der Waals surface area contributed by atoms with Crippen molar-refractivity contribution in [3.8, 4) is 0 Å². The molecule has 3 rings (SSSR count). The van der Waals surface area contributed by atoms with Crippen molar-refractivity contribution in [2.45, 2.75) is 44.3 Å². The van der Waals surface area contributed by atoms with E-state index < -0.39 is 0 Å². The number of amides is 2. The largest absolute Gasteiger partial charge is 0.350 e. The summed E-state index contributed by atoms with van der Waals surface area (Å²) in [6.07, 6.45) is 3.58. The van der Waals surface area contributed by atoms with Gasteiger partial charge in [-0.3, -0.25) is 9.59 Å². The second-order valence-electron chi connectivity index (χ2n) is 6.18. The second kappa shape index (κ2) is 7.61. The van der Waals surface area contributed by atoms with Crippen LogP contribution >= 0.6 is 22.6 Å². The quantitative estimate of drug-likeness (QED) is 0.719. The van der Waals surface area contributed by atoms with Crippen LogP contribution in [0.2, 0.25) is 0 Å². The van der Waals surface area contributed by atoms with Gasteiger partial charge in [0, 0.05) is 16.7 Å². The van der Waals surface area contributed by atoms with Crippen LogP contribution in [0.15, 0.2) is 24.3 Å². The van der Waals surface area contributed by atoms with Crippen molar-refractivity contribution in [3.63, 3.8) is 0 Å². The molecule has 2 aliphatic heterocycles. The topological polar surface area (TPSA) is 61.4 Å². The van der Waals surface area contributed by atoms with Crippen LogP contribution in [0.25, 0.3) is 0 Å². The number of benzene rings is 1. The van der Waals surface area contributed by atoms with Crippen molar-refractivity contribution in [1.29, 1.82) is 0 Å². The first kappa shape index (κ1) is 16.7. The Bertz CT molecular complexity index is 570. The van der Waals surface area contributed by atoms with Crippen LogP contribution in [0.5, 0.6) is 0 Å². The van der Waals surface area contributed by atoms with Gasteiger partial charge in [-0.05, 0) is 72.5 Å². The SMILES string of the molecule is O=C(NCc1ccc(I)cc1)[C@@H]1CCCN1C(=O)[C@@H]1CCCN1. The summed E-state index contributed by atoms with van der Waals surface area (Å²) in [5, 5.41) is 6.21. The number of likely N-dealkylation sites (tertiary alicyclic amines) is 1. The van der Waals surface area contributed by atoms with Crippen LogP contribution in [0.4, 0.5) is 0 Å². The lowest BCUT2D eigenvalue weighted by atomic mass is 10.1. The van der Waals surface area contributed by atoms with Crippen LogP contribution < -0.4 is 10.6 Å². The zero-order valence-corrected chi connectivity index (χ0v) is 15.2. The van der Waals surface area contributed by atoms with E-state index in [9.17, 15) is 9.59 Å². The summed E-state index contributed by atoms with van der Waals surface area (Å²) >= 11 is 2.26. The smallest absolute Gasteiger partial charge is 0.243 e. The number of nitrogens with zero attached hydrogens (tertiary/aromatic N) is 1. The van der Waals surface area contributed by atoms with Gasteiger partial charge in [0.2, 0.25) is 11.8 Å². The highest BCUT2D eigenvalue weighted by Crippen LogP contribution is 2.21. The molecule has 2 fully saturated rings. The van der Waals surface area contributed by atoms with E-state index in [0.29, 0.717) is 13.1 Å². The predicted molar refractivity (Wildman–Crippen MR) is 96.8 cm³/mol. The maximum absolute atomic E-state index is 12.6. The maximum atomic E-state index is 12.6. The Morgan fingerprint density at radius 3 is 2.70 bits per heavy atom. The van der Waals surface area contributed by atoms with Crippen LogP contribution in [-0.4, -0.2) is 41.9 Å². The lowest BCUT2D eigenvalue weighted by Crippen LogP contribution is -2.50. The molecule has 124 valence electrons. The Morgan fingerprint density at radius 1 is 1.22 bits per heavy atom. The molecule has 0 spiro atoms. The number of carbonyl (C=O) groups is 2. The fourth-order valence-corrected chi connectivity index (χ4v) is 3.67. The van der Waals surface area contributed by atoms with Crippen molar-refractivity contribution in [3.05, 3.63) is 33.4 Å². The van der Waals surface area contributed by atoms with Gasteiger partial charge in [-0.2, -0.15) is 0 Å². The molecule has 1 aromatic rings. The summed E-state index contributed by atoms with van der Waals surface area (Å²) in [5.41, 5.74) is 1.08.